The summed E-state index contributed by atoms with van der Waals surface area (Å²) in [5.41, 5.74) is 0. The number of rotatable bonds is 6. The van der Waals surface area contributed by atoms with Crippen LogP contribution in [0.15, 0.2) is 19.6 Å². The van der Waals surface area contributed by atoms with Crippen molar-refractivity contribution in [1.82, 2.24) is 5.32 Å². The molecule has 0 aliphatic heterocycles. The molecule has 0 amide bonds. The molecule has 0 radical (unpaired) electrons. The van der Waals surface area contributed by atoms with Crippen molar-refractivity contribution in [2.24, 2.45) is 0 Å². The van der Waals surface area contributed by atoms with Gasteiger partial charge in [0.15, 0.2) is 4.67 Å². The van der Waals surface area contributed by atoms with E-state index in [4.69, 9.17) is 9.15 Å². The fraction of sp³-hybridized carbons (Fsp3) is 0.556. The molecular formula is C9H13Br2NO2. The van der Waals surface area contributed by atoms with Crippen LogP contribution in [0.25, 0.3) is 0 Å². The molecule has 1 heterocycles. The molecule has 0 aliphatic rings. The second kappa shape index (κ2) is 6.61. The second-order valence-corrected chi connectivity index (χ2v) is 4.28. The average molecular weight is 327 g/mol. The number of furan rings is 1. The maximum atomic E-state index is 5.39. The van der Waals surface area contributed by atoms with Gasteiger partial charge in [-0.15, -0.1) is 0 Å². The Labute approximate surface area is 100 Å². The average Bonchev–Trinajstić information content (AvgIpc) is 2.46. The van der Waals surface area contributed by atoms with Crippen LogP contribution in [0.5, 0.6) is 0 Å². The first-order valence-electron chi connectivity index (χ1n) is 4.46. The highest BCUT2D eigenvalue weighted by atomic mass is 79.9. The highest BCUT2D eigenvalue weighted by Gasteiger charge is 2.04. The predicted octanol–water partition coefficient (Wildman–Crippen LogP) is 2.93. The van der Waals surface area contributed by atoms with E-state index in [1.165, 1.54) is 0 Å². The van der Waals surface area contributed by atoms with E-state index in [1.807, 2.05) is 13.0 Å². The van der Waals surface area contributed by atoms with Crippen LogP contribution in [0.3, 0.4) is 0 Å². The Kier molecular flexibility index (Phi) is 5.77. The van der Waals surface area contributed by atoms with E-state index in [2.05, 4.69) is 37.2 Å². The molecule has 1 aromatic rings. The predicted molar refractivity (Wildman–Crippen MR) is 62.3 cm³/mol. The van der Waals surface area contributed by atoms with Crippen LogP contribution in [0.2, 0.25) is 0 Å². The maximum Gasteiger partial charge on any atom is 0.183 e. The highest BCUT2D eigenvalue weighted by molar-refractivity contribution is 9.13. The molecule has 0 aliphatic carbocycles. The van der Waals surface area contributed by atoms with Crippen molar-refractivity contribution >= 4 is 31.9 Å². The summed E-state index contributed by atoms with van der Waals surface area (Å²) in [6.45, 7) is 5.04. The summed E-state index contributed by atoms with van der Waals surface area (Å²) >= 11 is 6.64. The molecule has 1 aromatic heterocycles. The van der Waals surface area contributed by atoms with Crippen molar-refractivity contribution in [3.63, 3.8) is 0 Å². The first-order valence-corrected chi connectivity index (χ1v) is 6.04. The Balaban J connectivity index is 2.18. The molecule has 3 nitrogen and oxygen atoms in total. The second-order valence-electron chi connectivity index (χ2n) is 2.71. The third-order valence-electron chi connectivity index (χ3n) is 1.62. The van der Waals surface area contributed by atoms with Crippen molar-refractivity contribution in [3.8, 4) is 0 Å². The standard InChI is InChI=1S/C9H13Br2NO2/c1-2-13-4-3-12-6-7-5-8(10)9(11)14-7/h5,12H,2-4,6H2,1H3. The number of hydrogen-bond acceptors (Lipinski definition) is 3. The zero-order valence-corrected chi connectivity index (χ0v) is 11.2. The van der Waals surface area contributed by atoms with Crippen LogP contribution < -0.4 is 5.32 Å². The van der Waals surface area contributed by atoms with Crippen molar-refractivity contribution in [3.05, 3.63) is 21.0 Å². The Bertz CT molecular complexity index is 256. The van der Waals surface area contributed by atoms with Crippen molar-refractivity contribution in [2.45, 2.75) is 13.5 Å². The van der Waals surface area contributed by atoms with Gasteiger partial charge in [-0.05, 0) is 44.8 Å². The smallest absolute Gasteiger partial charge is 0.183 e. The molecule has 0 fully saturated rings. The molecular weight excluding hydrogens is 314 g/mol. The minimum Gasteiger partial charge on any atom is -0.452 e. The van der Waals surface area contributed by atoms with Gasteiger partial charge in [0, 0.05) is 13.2 Å². The van der Waals surface area contributed by atoms with Crippen molar-refractivity contribution < 1.29 is 9.15 Å². The van der Waals surface area contributed by atoms with Crippen LogP contribution in [-0.2, 0) is 11.3 Å². The van der Waals surface area contributed by atoms with Gasteiger partial charge >= 0.3 is 0 Å². The molecule has 0 aromatic carbocycles. The first-order chi connectivity index (χ1) is 6.74. The van der Waals surface area contributed by atoms with E-state index in [0.29, 0.717) is 0 Å². The summed E-state index contributed by atoms with van der Waals surface area (Å²) in [5, 5.41) is 3.22. The lowest BCUT2D eigenvalue weighted by molar-refractivity contribution is 0.148. The van der Waals surface area contributed by atoms with Gasteiger partial charge in [-0.2, -0.15) is 0 Å². The normalized spacial score (nSPS) is 10.8. The van der Waals surface area contributed by atoms with Crippen LogP contribution in [0.4, 0.5) is 0 Å². The van der Waals surface area contributed by atoms with E-state index in [0.717, 1.165) is 41.2 Å². The van der Waals surface area contributed by atoms with E-state index in [9.17, 15) is 0 Å². The van der Waals surface area contributed by atoms with Gasteiger partial charge < -0.3 is 14.5 Å². The summed E-state index contributed by atoms with van der Waals surface area (Å²) in [7, 11) is 0. The minimum absolute atomic E-state index is 0.720. The van der Waals surface area contributed by atoms with Gasteiger partial charge in [0.25, 0.3) is 0 Å². The van der Waals surface area contributed by atoms with E-state index in [-0.39, 0.29) is 0 Å². The van der Waals surface area contributed by atoms with E-state index >= 15 is 0 Å². The van der Waals surface area contributed by atoms with Crippen LogP contribution in [0, 0.1) is 0 Å². The number of hydrogen-bond donors (Lipinski definition) is 1. The minimum atomic E-state index is 0.720. The SMILES string of the molecule is CCOCCNCc1cc(Br)c(Br)o1. The molecule has 0 spiro atoms. The third kappa shape index (κ3) is 4.13. The van der Waals surface area contributed by atoms with Gasteiger partial charge in [0.2, 0.25) is 0 Å². The summed E-state index contributed by atoms with van der Waals surface area (Å²) in [6.07, 6.45) is 0. The number of halogens is 2. The lowest BCUT2D eigenvalue weighted by Gasteiger charge is -2.01. The third-order valence-corrected chi connectivity index (χ3v) is 3.33. The molecule has 5 heteroatoms. The van der Waals surface area contributed by atoms with Gasteiger partial charge in [0.1, 0.15) is 5.76 Å². The van der Waals surface area contributed by atoms with Gasteiger partial charge in [-0.3, -0.25) is 0 Å². The first kappa shape index (κ1) is 12.2. The number of nitrogens with one attached hydrogen (secondary N) is 1. The molecule has 0 atom stereocenters. The zero-order chi connectivity index (χ0) is 10.4. The van der Waals surface area contributed by atoms with Crippen LogP contribution >= 0.6 is 31.9 Å². The van der Waals surface area contributed by atoms with Gasteiger partial charge in [-0.25, -0.2) is 0 Å². The lowest BCUT2D eigenvalue weighted by atomic mass is 10.4. The van der Waals surface area contributed by atoms with Crippen molar-refractivity contribution in [2.75, 3.05) is 19.8 Å². The highest BCUT2D eigenvalue weighted by Crippen LogP contribution is 2.26. The molecule has 0 unspecified atom stereocenters. The van der Waals surface area contributed by atoms with Crippen LogP contribution in [-0.4, -0.2) is 19.8 Å². The molecule has 0 saturated carbocycles. The van der Waals surface area contributed by atoms with Gasteiger partial charge in [0.05, 0.1) is 17.6 Å². The Morgan fingerprint density at radius 2 is 2.29 bits per heavy atom. The molecule has 1 N–H and O–H groups in total. The van der Waals surface area contributed by atoms with Crippen molar-refractivity contribution in [1.29, 1.82) is 0 Å². The monoisotopic (exact) mass is 325 g/mol. The maximum absolute atomic E-state index is 5.39. The number of ether oxygens (including phenoxy) is 1. The fourth-order valence-electron chi connectivity index (χ4n) is 0.979. The summed E-state index contributed by atoms with van der Waals surface area (Å²) < 4.78 is 12.3. The van der Waals surface area contributed by atoms with Crippen LogP contribution in [0.1, 0.15) is 12.7 Å². The van der Waals surface area contributed by atoms with E-state index < -0.39 is 0 Å². The summed E-state index contributed by atoms with van der Waals surface area (Å²) in [5.74, 6) is 0.903. The Hall–Kier alpha value is 0.160. The fourth-order valence-corrected chi connectivity index (χ4v) is 1.64. The van der Waals surface area contributed by atoms with E-state index in [1.54, 1.807) is 0 Å². The quantitative estimate of drug-likeness (QED) is 0.816. The largest absolute Gasteiger partial charge is 0.452 e. The Morgan fingerprint density at radius 3 is 2.86 bits per heavy atom. The zero-order valence-electron chi connectivity index (χ0n) is 7.98. The lowest BCUT2D eigenvalue weighted by Crippen LogP contribution is -2.18. The molecule has 80 valence electrons. The molecule has 1 rings (SSSR count). The summed E-state index contributed by atoms with van der Waals surface area (Å²) in [4.78, 5) is 0. The topological polar surface area (TPSA) is 34.4 Å². The summed E-state index contributed by atoms with van der Waals surface area (Å²) in [6, 6.07) is 1.94. The molecule has 14 heavy (non-hydrogen) atoms. The Morgan fingerprint density at radius 1 is 1.50 bits per heavy atom. The molecule has 0 bridgehead atoms. The molecule has 0 saturated heterocycles. The van der Waals surface area contributed by atoms with Gasteiger partial charge in [-0.1, -0.05) is 0 Å².